The first-order chi connectivity index (χ1) is 11.6. The van der Waals surface area contributed by atoms with Crippen molar-refractivity contribution in [1.29, 1.82) is 0 Å². The van der Waals surface area contributed by atoms with Gasteiger partial charge in [-0.25, -0.2) is 4.79 Å². The summed E-state index contributed by atoms with van der Waals surface area (Å²) in [6.07, 6.45) is 0.506. The van der Waals surface area contributed by atoms with Gasteiger partial charge in [-0.05, 0) is 35.4 Å². The molecule has 1 heterocycles. The fourth-order valence-corrected chi connectivity index (χ4v) is 2.99. The molecule has 0 aliphatic heterocycles. The minimum atomic E-state index is -0.390. The number of hydrogen-bond acceptors (Lipinski definition) is 3. The van der Waals surface area contributed by atoms with E-state index in [1.54, 1.807) is 24.3 Å². The third kappa shape index (κ3) is 3.33. The molecule has 1 aromatic heterocycles. The molecule has 0 spiro atoms. The summed E-state index contributed by atoms with van der Waals surface area (Å²) in [6, 6.07) is 14.8. The fraction of sp³-hybridized carbons (Fsp3) is 0.111. The summed E-state index contributed by atoms with van der Waals surface area (Å²) >= 11 is 3.44. The number of carbonyl (C=O) groups is 1. The molecule has 0 radical (unpaired) electrons. The number of benzene rings is 2. The predicted octanol–water partition coefficient (Wildman–Crippen LogP) is 3.51. The number of aromatic nitrogens is 2. The summed E-state index contributed by atoms with van der Waals surface area (Å²) in [7, 11) is 1.34. The van der Waals surface area contributed by atoms with Crippen LogP contribution in [-0.4, -0.2) is 23.3 Å². The molecule has 3 aromatic rings. The molecule has 5 nitrogen and oxygen atoms in total. The van der Waals surface area contributed by atoms with Gasteiger partial charge in [0.2, 0.25) is 0 Å². The molecule has 0 bridgehead atoms. The van der Waals surface area contributed by atoms with Crippen LogP contribution in [-0.2, 0) is 11.2 Å². The first-order valence-corrected chi connectivity index (χ1v) is 8.10. The van der Waals surface area contributed by atoms with Crippen LogP contribution in [0.15, 0.2) is 57.8 Å². The lowest BCUT2D eigenvalue weighted by molar-refractivity contribution is 0.0601. The first kappa shape index (κ1) is 16.3. The number of rotatable bonds is 4. The summed E-state index contributed by atoms with van der Waals surface area (Å²) in [5.74, 6) is -0.390. The van der Waals surface area contributed by atoms with Crippen LogP contribution in [0.2, 0.25) is 0 Å². The Labute approximate surface area is 146 Å². The van der Waals surface area contributed by atoms with Crippen LogP contribution in [0.5, 0.6) is 0 Å². The van der Waals surface area contributed by atoms with Crippen molar-refractivity contribution >= 4 is 21.9 Å². The van der Waals surface area contributed by atoms with E-state index in [1.807, 2.05) is 24.3 Å². The van der Waals surface area contributed by atoms with Gasteiger partial charge in [-0.15, -0.1) is 0 Å². The monoisotopic (exact) mass is 386 g/mol. The van der Waals surface area contributed by atoms with Crippen molar-refractivity contribution in [3.63, 3.8) is 0 Å². The van der Waals surface area contributed by atoms with E-state index < -0.39 is 5.97 Å². The SMILES string of the molecule is COC(=O)c1ccc(-c2[nH][nH]c(=O)c2Cc2cccc(Br)c2)cc1. The van der Waals surface area contributed by atoms with Crippen molar-refractivity contribution in [3.05, 3.63) is 80.0 Å². The van der Waals surface area contributed by atoms with E-state index in [9.17, 15) is 9.59 Å². The Hall–Kier alpha value is -2.60. The van der Waals surface area contributed by atoms with E-state index in [0.29, 0.717) is 17.5 Å². The van der Waals surface area contributed by atoms with Gasteiger partial charge in [0, 0.05) is 16.5 Å². The maximum absolute atomic E-state index is 12.2. The van der Waals surface area contributed by atoms with Gasteiger partial charge in [-0.3, -0.25) is 15.0 Å². The van der Waals surface area contributed by atoms with E-state index >= 15 is 0 Å². The minimum Gasteiger partial charge on any atom is -0.465 e. The lowest BCUT2D eigenvalue weighted by Crippen LogP contribution is -2.07. The molecule has 0 aliphatic rings. The highest BCUT2D eigenvalue weighted by molar-refractivity contribution is 9.10. The zero-order valence-electron chi connectivity index (χ0n) is 12.9. The van der Waals surface area contributed by atoms with Gasteiger partial charge in [0.25, 0.3) is 5.56 Å². The van der Waals surface area contributed by atoms with Crippen LogP contribution in [0.1, 0.15) is 21.5 Å². The number of nitrogens with one attached hydrogen (secondary N) is 2. The Morgan fingerprint density at radius 2 is 1.88 bits per heavy atom. The van der Waals surface area contributed by atoms with Crippen molar-refractivity contribution in [1.82, 2.24) is 10.2 Å². The smallest absolute Gasteiger partial charge is 0.337 e. The maximum Gasteiger partial charge on any atom is 0.337 e. The third-order valence-electron chi connectivity index (χ3n) is 3.74. The number of halogens is 1. The number of carbonyl (C=O) groups excluding carboxylic acids is 1. The lowest BCUT2D eigenvalue weighted by atomic mass is 10.0. The lowest BCUT2D eigenvalue weighted by Gasteiger charge is -2.05. The summed E-state index contributed by atoms with van der Waals surface area (Å²) in [5, 5.41) is 5.56. The van der Waals surface area contributed by atoms with Crippen molar-refractivity contribution in [3.8, 4) is 11.3 Å². The van der Waals surface area contributed by atoms with Crippen LogP contribution < -0.4 is 5.56 Å². The average molecular weight is 387 g/mol. The van der Waals surface area contributed by atoms with Gasteiger partial charge in [0.1, 0.15) is 0 Å². The highest BCUT2D eigenvalue weighted by Gasteiger charge is 2.13. The molecule has 6 heteroatoms. The topological polar surface area (TPSA) is 75.0 Å². The molecule has 0 saturated carbocycles. The van der Waals surface area contributed by atoms with Crippen molar-refractivity contribution in [2.24, 2.45) is 0 Å². The first-order valence-electron chi connectivity index (χ1n) is 7.31. The Bertz CT molecular complexity index is 926. The van der Waals surface area contributed by atoms with Crippen LogP contribution in [0, 0.1) is 0 Å². The zero-order chi connectivity index (χ0) is 17.1. The minimum absolute atomic E-state index is 0.151. The zero-order valence-corrected chi connectivity index (χ0v) is 14.5. The molecule has 0 amide bonds. The standard InChI is InChI=1S/C18H15BrN2O3/c1-24-18(23)13-7-5-12(6-8-13)16-15(17(22)21-20-16)10-11-3-2-4-14(19)9-11/h2-9H,10H2,1H3,(H2,20,21,22). The van der Waals surface area contributed by atoms with Gasteiger partial charge >= 0.3 is 5.97 Å². The van der Waals surface area contributed by atoms with Crippen LogP contribution in [0.25, 0.3) is 11.3 Å². The van der Waals surface area contributed by atoms with E-state index in [4.69, 9.17) is 4.74 Å². The van der Waals surface area contributed by atoms with Crippen LogP contribution in [0.4, 0.5) is 0 Å². The molecule has 0 unspecified atom stereocenters. The second-order valence-electron chi connectivity index (χ2n) is 5.31. The Morgan fingerprint density at radius 1 is 1.12 bits per heavy atom. The van der Waals surface area contributed by atoms with Crippen molar-refractivity contribution in [2.45, 2.75) is 6.42 Å². The summed E-state index contributed by atoms with van der Waals surface area (Å²) in [5.41, 5.74) is 3.54. The molecule has 3 rings (SSSR count). The molecule has 0 aliphatic carbocycles. The van der Waals surface area contributed by atoms with Crippen LogP contribution in [0.3, 0.4) is 0 Å². The quantitative estimate of drug-likeness (QED) is 0.673. The predicted molar refractivity (Wildman–Crippen MR) is 95.1 cm³/mol. The molecule has 0 saturated heterocycles. The Kier molecular flexibility index (Phi) is 4.66. The third-order valence-corrected chi connectivity index (χ3v) is 4.23. The van der Waals surface area contributed by atoms with Crippen LogP contribution >= 0.6 is 15.9 Å². The number of methoxy groups -OCH3 is 1. The average Bonchev–Trinajstić information content (AvgIpc) is 2.95. The molecular formula is C18H15BrN2O3. The Balaban J connectivity index is 1.95. The number of esters is 1. The molecular weight excluding hydrogens is 372 g/mol. The van der Waals surface area contributed by atoms with E-state index in [2.05, 4.69) is 26.1 Å². The second-order valence-corrected chi connectivity index (χ2v) is 6.22. The van der Waals surface area contributed by atoms with Gasteiger partial charge in [-0.1, -0.05) is 40.2 Å². The number of hydrogen-bond donors (Lipinski definition) is 2. The second kappa shape index (κ2) is 6.88. The number of H-pyrrole nitrogens is 2. The normalized spacial score (nSPS) is 10.6. The van der Waals surface area contributed by atoms with E-state index in [1.165, 1.54) is 7.11 Å². The molecule has 122 valence electrons. The highest BCUT2D eigenvalue weighted by Crippen LogP contribution is 2.23. The molecule has 2 N–H and O–H groups in total. The number of ether oxygens (including phenoxy) is 1. The molecule has 0 fully saturated rings. The van der Waals surface area contributed by atoms with Crippen molar-refractivity contribution in [2.75, 3.05) is 7.11 Å². The van der Waals surface area contributed by atoms with Gasteiger partial charge in [-0.2, -0.15) is 0 Å². The molecule has 2 aromatic carbocycles. The summed E-state index contributed by atoms with van der Waals surface area (Å²) in [6.45, 7) is 0. The maximum atomic E-state index is 12.2. The summed E-state index contributed by atoms with van der Waals surface area (Å²) < 4.78 is 5.66. The number of aromatic amines is 2. The largest absolute Gasteiger partial charge is 0.465 e. The van der Waals surface area contributed by atoms with E-state index in [0.717, 1.165) is 21.3 Å². The molecule has 24 heavy (non-hydrogen) atoms. The Morgan fingerprint density at radius 3 is 2.54 bits per heavy atom. The summed E-state index contributed by atoms with van der Waals surface area (Å²) in [4.78, 5) is 23.7. The van der Waals surface area contributed by atoms with Gasteiger partial charge < -0.3 is 4.74 Å². The van der Waals surface area contributed by atoms with Gasteiger partial charge in [0.15, 0.2) is 0 Å². The fourth-order valence-electron chi connectivity index (χ4n) is 2.54. The molecule has 0 atom stereocenters. The van der Waals surface area contributed by atoms with Crippen molar-refractivity contribution < 1.29 is 9.53 Å². The van der Waals surface area contributed by atoms with Gasteiger partial charge in [0.05, 0.1) is 18.4 Å². The highest BCUT2D eigenvalue weighted by atomic mass is 79.9. The van der Waals surface area contributed by atoms with E-state index in [-0.39, 0.29) is 5.56 Å².